The number of aryl methyl sites for hydroxylation is 2. The Morgan fingerprint density at radius 3 is 2.62 bits per heavy atom. The van der Waals surface area contributed by atoms with Crippen molar-refractivity contribution in [2.45, 2.75) is 51.6 Å². The summed E-state index contributed by atoms with van der Waals surface area (Å²) in [6.07, 6.45) is 3.85. The molecule has 4 nitrogen and oxygen atoms in total. The minimum Gasteiger partial charge on any atom is -0.450 e. The largest absolute Gasteiger partial charge is 0.450 e. The Hall–Kier alpha value is -1.81. The molecule has 0 unspecified atom stereocenters. The molecule has 0 saturated heterocycles. The van der Waals surface area contributed by atoms with Crippen molar-refractivity contribution >= 4 is 16.9 Å². The second-order valence-electron chi connectivity index (χ2n) is 6.09. The Morgan fingerprint density at radius 1 is 1.24 bits per heavy atom. The number of hydrogen-bond acceptors (Lipinski definition) is 3. The highest BCUT2D eigenvalue weighted by Gasteiger charge is 2.24. The molecule has 4 heteroatoms. The van der Waals surface area contributed by atoms with Gasteiger partial charge in [0.2, 0.25) is 0 Å². The van der Waals surface area contributed by atoms with Crippen LogP contribution in [0.5, 0.6) is 0 Å². The smallest absolute Gasteiger partial charge is 0.287 e. The lowest BCUT2D eigenvalue weighted by atomic mass is 9.92. The van der Waals surface area contributed by atoms with E-state index < -0.39 is 0 Å². The zero-order chi connectivity index (χ0) is 15.0. The Balaban J connectivity index is 1.82. The first kappa shape index (κ1) is 14.1. The molecule has 3 rings (SSSR count). The van der Waals surface area contributed by atoms with Gasteiger partial charge in [-0.3, -0.25) is 4.79 Å². The highest BCUT2D eigenvalue weighted by Crippen LogP contribution is 2.28. The average Bonchev–Trinajstić information content (AvgIpc) is 2.81. The van der Waals surface area contributed by atoms with Gasteiger partial charge in [0.25, 0.3) is 5.91 Å². The number of rotatable bonds is 2. The molecule has 21 heavy (non-hydrogen) atoms. The van der Waals surface area contributed by atoms with Crippen molar-refractivity contribution in [2.24, 2.45) is 5.73 Å². The van der Waals surface area contributed by atoms with E-state index in [9.17, 15) is 4.79 Å². The molecular weight excluding hydrogens is 264 g/mol. The quantitative estimate of drug-likeness (QED) is 0.891. The molecule has 0 bridgehead atoms. The van der Waals surface area contributed by atoms with E-state index in [1.165, 1.54) is 0 Å². The van der Waals surface area contributed by atoms with Gasteiger partial charge in [0, 0.05) is 23.0 Å². The van der Waals surface area contributed by atoms with Gasteiger partial charge in [-0.25, -0.2) is 0 Å². The van der Waals surface area contributed by atoms with Gasteiger partial charge in [0.15, 0.2) is 5.76 Å². The molecule has 1 fully saturated rings. The third-order valence-corrected chi connectivity index (χ3v) is 4.47. The number of fused-ring (bicyclic) bond motifs is 1. The van der Waals surface area contributed by atoms with Crippen LogP contribution in [0.25, 0.3) is 11.0 Å². The van der Waals surface area contributed by atoms with Gasteiger partial charge >= 0.3 is 0 Å². The van der Waals surface area contributed by atoms with Crippen LogP contribution in [0.3, 0.4) is 0 Å². The van der Waals surface area contributed by atoms with Gasteiger partial charge in [-0.15, -0.1) is 0 Å². The zero-order valence-corrected chi connectivity index (χ0v) is 12.6. The highest BCUT2D eigenvalue weighted by atomic mass is 16.3. The lowest BCUT2D eigenvalue weighted by molar-refractivity contribution is 0.0899. The van der Waals surface area contributed by atoms with Crippen LogP contribution in [0.1, 0.15) is 47.4 Å². The first-order valence-electron chi connectivity index (χ1n) is 7.61. The molecule has 1 aromatic carbocycles. The van der Waals surface area contributed by atoms with E-state index >= 15 is 0 Å². The number of furan rings is 1. The van der Waals surface area contributed by atoms with E-state index in [4.69, 9.17) is 10.2 Å². The summed E-state index contributed by atoms with van der Waals surface area (Å²) < 4.78 is 5.82. The van der Waals surface area contributed by atoms with Crippen LogP contribution in [-0.4, -0.2) is 18.0 Å². The average molecular weight is 286 g/mol. The lowest BCUT2D eigenvalue weighted by Gasteiger charge is -2.26. The summed E-state index contributed by atoms with van der Waals surface area (Å²) in [5.74, 6) is 0.331. The van der Waals surface area contributed by atoms with Crippen LogP contribution in [0.2, 0.25) is 0 Å². The van der Waals surface area contributed by atoms with Gasteiger partial charge in [-0.2, -0.15) is 0 Å². The van der Waals surface area contributed by atoms with E-state index in [-0.39, 0.29) is 18.0 Å². The molecule has 1 aliphatic rings. The van der Waals surface area contributed by atoms with Crippen LogP contribution in [-0.2, 0) is 0 Å². The summed E-state index contributed by atoms with van der Waals surface area (Å²) in [6.45, 7) is 3.94. The van der Waals surface area contributed by atoms with E-state index in [2.05, 4.69) is 5.32 Å². The molecule has 3 N–H and O–H groups in total. The second-order valence-corrected chi connectivity index (χ2v) is 6.09. The number of nitrogens with two attached hydrogens (primary N) is 1. The summed E-state index contributed by atoms with van der Waals surface area (Å²) in [7, 11) is 0. The van der Waals surface area contributed by atoms with E-state index in [0.29, 0.717) is 5.76 Å². The van der Waals surface area contributed by atoms with Gasteiger partial charge in [0.1, 0.15) is 5.58 Å². The number of hydrogen-bond donors (Lipinski definition) is 2. The Kier molecular flexibility index (Phi) is 3.72. The summed E-state index contributed by atoms with van der Waals surface area (Å²) in [5, 5.41) is 4.11. The van der Waals surface area contributed by atoms with Crippen LogP contribution in [0.15, 0.2) is 22.6 Å². The maximum absolute atomic E-state index is 12.5. The predicted octanol–water partition coefficient (Wildman–Crippen LogP) is 3.05. The van der Waals surface area contributed by atoms with Gasteiger partial charge in [-0.1, -0.05) is 18.2 Å². The second kappa shape index (κ2) is 5.53. The molecule has 1 heterocycles. The van der Waals surface area contributed by atoms with Crippen LogP contribution in [0.4, 0.5) is 0 Å². The minimum absolute atomic E-state index is 0.108. The number of carbonyl (C=O) groups excluding carboxylic acids is 1. The summed E-state index contributed by atoms with van der Waals surface area (Å²) >= 11 is 0. The van der Waals surface area contributed by atoms with E-state index in [1.54, 1.807) is 0 Å². The lowest BCUT2D eigenvalue weighted by Crippen LogP contribution is -2.40. The third-order valence-electron chi connectivity index (χ3n) is 4.47. The molecule has 1 aliphatic carbocycles. The van der Waals surface area contributed by atoms with Gasteiger partial charge in [0.05, 0.1) is 0 Å². The van der Waals surface area contributed by atoms with Crippen LogP contribution in [0, 0.1) is 13.8 Å². The monoisotopic (exact) mass is 286 g/mol. The summed E-state index contributed by atoms with van der Waals surface area (Å²) in [4.78, 5) is 12.5. The minimum atomic E-state index is -0.108. The molecule has 1 amide bonds. The topological polar surface area (TPSA) is 68.3 Å². The number of nitrogens with one attached hydrogen (secondary N) is 1. The summed E-state index contributed by atoms with van der Waals surface area (Å²) in [5.41, 5.74) is 8.68. The molecule has 1 aromatic heterocycles. The Labute approximate surface area is 124 Å². The van der Waals surface area contributed by atoms with Crippen molar-refractivity contribution in [1.82, 2.24) is 5.32 Å². The van der Waals surface area contributed by atoms with Crippen molar-refractivity contribution in [3.05, 3.63) is 35.1 Å². The molecular formula is C17H22N2O2. The molecule has 112 valence electrons. The SMILES string of the molecule is Cc1c(C(=O)NC2CCC(N)CC2)oc2c(C)cccc12. The molecule has 0 atom stereocenters. The fourth-order valence-electron chi connectivity index (χ4n) is 3.12. The van der Waals surface area contributed by atoms with E-state index in [1.807, 2.05) is 32.0 Å². The Morgan fingerprint density at radius 2 is 1.95 bits per heavy atom. The zero-order valence-electron chi connectivity index (χ0n) is 12.6. The number of para-hydroxylation sites is 1. The maximum Gasteiger partial charge on any atom is 0.287 e. The van der Waals surface area contributed by atoms with Crippen molar-refractivity contribution < 1.29 is 9.21 Å². The fourth-order valence-corrected chi connectivity index (χ4v) is 3.12. The third kappa shape index (κ3) is 2.68. The van der Waals surface area contributed by atoms with Gasteiger partial charge < -0.3 is 15.5 Å². The number of benzene rings is 1. The fraction of sp³-hybridized carbons (Fsp3) is 0.471. The van der Waals surface area contributed by atoms with Crippen molar-refractivity contribution in [1.29, 1.82) is 0 Å². The maximum atomic E-state index is 12.5. The molecule has 2 aromatic rings. The van der Waals surface area contributed by atoms with Crippen molar-refractivity contribution in [3.63, 3.8) is 0 Å². The highest BCUT2D eigenvalue weighted by molar-refractivity contribution is 5.99. The Bertz CT molecular complexity index is 667. The van der Waals surface area contributed by atoms with Crippen LogP contribution >= 0.6 is 0 Å². The van der Waals surface area contributed by atoms with Gasteiger partial charge in [-0.05, 0) is 45.1 Å². The number of amides is 1. The predicted molar refractivity (Wildman–Crippen MR) is 83.4 cm³/mol. The first-order valence-corrected chi connectivity index (χ1v) is 7.61. The summed E-state index contributed by atoms with van der Waals surface area (Å²) in [6, 6.07) is 6.48. The molecule has 0 spiro atoms. The first-order chi connectivity index (χ1) is 10.1. The normalized spacial score (nSPS) is 22.4. The standard InChI is InChI=1S/C17H22N2O2/c1-10-4-3-5-14-11(2)16(21-15(10)14)17(20)19-13-8-6-12(18)7-9-13/h3-5,12-13H,6-9,18H2,1-2H3,(H,19,20). The van der Waals surface area contributed by atoms with Crippen LogP contribution < -0.4 is 11.1 Å². The van der Waals surface area contributed by atoms with Crippen molar-refractivity contribution in [2.75, 3.05) is 0 Å². The molecule has 1 saturated carbocycles. The molecule has 0 radical (unpaired) electrons. The molecule has 0 aliphatic heterocycles. The number of carbonyl (C=O) groups is 1. The van der Waals surface area contributed by atoms with Crippen molar-refractivity contribution in [3.8, 4) is 0 Å². The van der Waals surface area contributed by atoms with E-state index in [0.717, 1.165) is 47.8 Å².